The number of hydrogen-bond donors (Lipinski definition) is 0. The lowest BCUT2D eigenvalue weighted by Gasteiger charge is -2.26. The molecular weight excluding hydrogens is 709 g/mol. The van der Waals surface area contributed by atoms with E-state index in [0.29, 0.717) is 48.1 Å². The van der Waals surface area contributed by atoms with Crippen LogP contribution in [0.1, 0.15) is 151 Å². The van der Waals surface area contributed by atoms with Crippen molar-refractivity contribution in [1.82, 2.24) is 4.90 Å². The van der Waals surface area contributed by atoms with Crippen LogP contribution in [0, 0.1) is 35.5 Å². The average molecular weight is 779 g/mol. The number of benzene rings is 1. The van der Waals surface area contributed by atoms with Crippen LogP contribution in [-0.4, -0.2) is 58.2 Å². The second-order valence-corrected chi connectivity index (χ2v) is 15.9. The molecule has 0 unspecified atom stereocenters. The highest BCUT2D eigenvalue weighted by Gasteiger charge is 2.27. The Hall–Kier alpha value is -4.34. The quantitative estimate of drug-likeness (QED) is 0.0974. The molecule has 3 aliphatic rings. The van der Waals surface area contributed by atoms with E-state index in [1.807, 2.05) is 55.4 Å². The van der Waals surface area contributed by atoms with E-state index in [2.05, 4.69) is 13.8 Å². The first-order valence-corrected chi connectivity index (χ1v) is 20.1. The van der Waals surface area contributed by atoms with Crippen LogP contribution in [0.25, 0.3) is 0 Å². The molecule has 0 N–H and O–H groups in total. The van der Waals surface area contributed by atoms with Crippen molar-refractivity contribution in [3.05, 3.63) is 54.1 Å². The minimum atomic E-state index is -0.380. The Morgan fingerprint density at radius 2 is 1.12 bits per heavy atom. The standard InChI is InChI=1S/C14H13NO3.C11H15NO3.C11H20O.C9H18O.CH4/c1-9(2)14(18)10-4-3-5-11(8-10)15-12(16)6-7-13(15)17;1-8(2)9(13)4-3-7-12-10(14)5-6-11(12)15;1-8(2)11(12)10-6-4-9(3)5-7-10;1-4-5-6-7-9(10)8(2)3;/h3-9H,1-2H3;5-6,8H,3-4,7H2,1-2H3;8-10H,4-7H2,1-3H3;8H,4-7H2,1-3H3;1H4. The summed E-state index contributed by atoms with van der Waals surface area (Å²) in [6, 6.07) is 6.57. The summed E-state index contributed by atoms with van der Waals surface area (Å²) < 4.78 is 0. The summed E-state index contributed by atoms with van der Waals surface area (Å²) in [5.41, 5.74) is 0.941. The zero-order valence-electron chi connectivity index (χ0n) is 35.0. The molecule has 2 aliphatic heterocycles. The van der Waals surface area contributed by atoms with Gasteiger partial charge in [-0.2, -0.15) is 0 Å². The molecule has 1 saturated carbocycles. The molecular formula is C46H70N2O8. The Labute approximate surface area is 336 Å². The van der Waals surface area contributed by atoms with E-state index < -0.39 is 0 Å². The Kier molecular flexibility index (Phi) is 24.4. The first-order chi connectivity index (χ1) is 25.8. The van der Waals surface area contributed by atoms with Gasteiger partial charge in [-0.15, -0.1) is 0 Å². The van der Waals surface area contributed by atoms with Crippen molar-refractivity contribution in [2.45, 2.75) is 141 Å². The smallest absolute Gasteiger partial charge is 0.258 e. The molecule has 2 heterocycles. The van der Waals surface area contributed by atoms with Crippen LogP contribution in [0.4, 0.5) is 5.69 Å². The monoisotopic (exact) mass is 779 g/mol. The van der Waals surface area contributed by atoms with Gasteiger partial charge in [0, 0.05) is 78.8 Å². The van der Waals surface area contributed by atoms with E-state index in [0.717, 1.165) is 41.4 Å². The number of carbonyl (C=O) groups is 8. The molecule has 56 heavy (non-hydrogen) atoms. The van der Waals surface area contributed by atoms with E-state index in [1.165, 1.54) is 50.0 Å². The Bertz CT molecular complexity index is 1510. The van der Waals surface area contributed by atoms with Crippen LogP contribution in [0.5, 0.6) is 0 Å². The van der Waals surface area contributed by atoms with Gasteiger partial charge in [0.1, 0.15) is 17.3 Å². The topological polar surface area (TPSA) is 143 Å². The maximum absolute atomic E-state index is 11.9. The maximum Gasteiger partial charge on any atom is 0.258 e. The number of Topliss-reactive ketones (excluding diaryl/α,β-unsaturated/α-hetero) is 4. The fourth-order valence-corrected chi connectivity index (χ4v) is 5.99. The number of hydrogen-bond acceptors (Lipinski definition) is 8. The number of imide groups is 2. The number of rotatable bonds is 15. The fourth-order valence-electron chi connectivity index (χ4n) is 5.99. The van der Waals surface area contributed by atoms with Crippen LogP contribution in [0.3, 0.4) is 0 Å². The molecule has 10 heteroatoms. The van der Waals surface area contributed by atoms with Crippen LogP contribution in [0.2, 0.25) is 0 Å². The molecule has 0 aromatic heterocycles. The molecule has 0 radical (unpaired) electrons. The maximum atomic E-state index is 11.9. The van der Waals surface area contributed by atoms with Gasteiger partial charge in [0.05, 0.1) is 5.69 Å². The zero-order valence-corrected chi connectivity index (χ0v) is 35.0. The molecule has 10 nitrogen and oxygen atoms in total. The van der Waals surface area contributed by atoms with Crippen molar-refractivity contribution in [2.75, 3.05) is 11.4 Å². The van der Waals surface area contributed by atoms with Gasteiger partial charge in [-0.25, -0.2) is 4.90 Å². The van der Waals surface area contributed by atoms with Crippen molar-refractivity contribution < 1.29 is 38.4 Å². The third-order valence-electron chi connectivity index (χ3n) is 9.73. The highest BCUT2D eigenvalue weighted by molar-refractivity contribution is 6.28. The van der Waals surface area contributed by atoms with E-state index in [-0.39, 0.29) is 66.3 Å². The summed E-state index contributed by atoms with van der Waals surface area (Å²) in [6.07, 6.45) is 15.0. The zero-order chi connectivity index (χ0) is 41.8. The number of ketones is 4. The molecule has 0 saturated heterocycles. The average Bonchev–Trinajstić information content (AvgIpc) is 3.66. The van der Waals surface area contributed by atoms with Gasteiger partial charge in [-0.05, 0) is 43.7 Å². The van der Waals surface area contributed by atoms with Crippen molar-refractivity contribution in [1.29, 1.82) is 0 Å². The molecule has 1 fully saturated rings. The lowest BCUT2D eigenvalue weighted by atomic mass is 9.78. The number of amides is 4. The molecule has 1 aromatic rings. The second kappa shape index (κ2) is 26.5. The number of carbonyl (C=O) groups excluding carboxylic acids is 8. The highest BCUT2D eigenvalue weighted by atomic mass is 16.2. The van der Waals surface area contributed by atoms with E-state index in [1.54, 1.807) is 24.3 Å². The van der Waals surface area contributed by atoms with Gasteiger partial charge in [0.2, 0.25) is 0 Å². The summed E-state index contributed by atoms with van der Waals surface area (Å²) >= 11 is 0. The Morgan fingerprint density at radius 3 is 1.57 bits per heavy atom. The van der Waals surface area contributed by atoms with Crippen molar-refractivity contribution in [3.8, 4) is 0 Å². The fraction of sp³-hybridized carbons (Fsp3) is 0.609. The third-order valence-corrected chi connectivity index (χ3v) is 9.73. The summed E-state index contributed by atoms with van der Waals surface area (Å²) in [5.74, 6) is 1.35. The molecule has 312 valence electrons. The predicted octanol–water partition coefficient (Wildman–Crippen LogP) is 9.34. The van der Waals surface area contributed by atoms with Crippen LogP contribution < -0.4 is 4.90 Å². The van der Waals surface area contributed by atoms with Crippen LogP contribution in [0.15, 0.2) is 48.6 Å². The third kappa shape index (κ3) is 18.1. The first kappa shape index (κ1) is 51.7. The first-order valence-electron chi connectivity index (χ1n) is 20.1. The normalized spacial score (nSPS) is 17.3. The van der Waals surface area contributed by atoms with Gasteiger partial charge in [0.25, 0.3) is 23.6 Å². The van der Waals surface area contributed by atoms with Gasteiger partial charge in [-0.3, -0.25) is 43.3 Å². The molecule has 1 aromatic carbocycles. The molecule has 0 spiro atoms. The molecule has 0 bridgehead atoms. The predicted molar refractivity (Wildman–Crippen MR) is 224 cm³/mol. The lowest BCUT2D eigenvalue weighted by Crippen LogP contribution is -2.31. The molecule has 4 amide bonds. The second-order valence-electron chi connectivity index (χ2n) is 15.9. The lowest BCUT2D eigenvalue weighted by molar-refractivity contribution is -0.137. The number of anilines is 1. The summed E-state index contributed by atoms with van der Waals surface area (Å²) in [4.78, 5) is 93.3. The SMILES string of the molecule is C.CC(C)C(=O)CCCN1C(=O)C=CC1=O.CC(C)C(=O)c1cccc(N2C(=O)C=CC2=O)c1.CC1CCC(C(=O)C(C)C)CC1.CCCCCC(=O)C(C)C. The summed E-state index contributed by atoms with van der Waals surface area (Å²) in [5, 5.41) is 0. The highest BCUT2D eigenvalue weighted by Crippen LogP contribution is 2.30. The van der Waals surface area contributed by atoms with Gasteiger partial charge in [-0.1, -0.05) is 114 Å². The number of unbranched alkanes of at least 4 members (excludes halogenated alkanes) is 2. The molecule has 1 aliphatic carbocycles. The minimum absolute atomic E-state index is 0. The van der Waals surface area contributed by atoms with Gasteiger partial charge >= 0.3 is 0 Å². The van der Waals surface area contributed by atoms with E-state index in [9.17, 15) is 38.4 Å². The number of nitrogens with zero attached hydrogens (tertiary/aromatic N) is 2. The van der Waals surface area contributed by atoms with Crippen LogP contribution >= 0.6 is 0 Å². The van der Waals surface area contributed by atoms with Gasteiger partial charge < -0.3 is 0 Å². The molecule has 4 rings (SSSR count). The van der Waals surface area contributed by atoms with Crippen molar-refractivity contribution >= 4 is 52.4 Å². The largest absolute Gasteiger partial charge is 0.299 e. The van der Waals surface area contributed by atoms with Crippen LogP contribution in [-0.2, 0) is 33.6 Å². The van der Waals surface area contributed by atoms with Gasteiger partial charge in [0.15, 0.2) is 5.78 Å². The summed E-state index contributed by atoms with van der Waals surface area (Å²) in [6.45, 7) is 20.0. The van der Waals surface area contributed by atoms with Crippen molar-refractivity contribution in [3.63, 3.8) is 0 Å². The van der Waals surface area contributed by atoms with E-state index in [4.69, 9.17) is 0 Å². The summed E-state index contributed by atoms with van der Waals surface area (Å²) in [7, 11) is 0. The Balaban J connectivity index is 0.000000734. The molecule has 0 atom stereocenters. The minimum Gasteiger partial charge on any atom is -0.299 e. The van der Waals surface area contributed by atoms with Crippen molar-refractivity contribution in [2.24, 2.45) is 35.5 Å². The Morgan fingerprint density at radius 1 is 0.643 bits per heavy atom. The van der Waals surface area contributed by atoms with E-state index >= 15 is 0 Å².